The van der Waals surface area contributed by atoms with E-state index in [2.05, 4.69) is 0 Å². The first-order valence-corrected chi connectivity index (χ1v) is 6.98. The number of rotatable bonds is 5. The first-order valence-electron chi connectivity index (χ1n) is 5.59. The summed E-state index contributed by atoms with van der Waals surface area (Å²) >= 11 is 0. The van der Waals surface area contributed by atoms with Crippen molar-refractivity contribution < 1.29 is 32.2 Å². The largest absolute Gasteiger partial charge is 0.466 e. The molecule has 0 aliphatic heterocycles. The van der Waals surface area contributed by atoms with Gasteiger partial charge < -0.3 is 9.84 Å². The molecule has 110 valence electrons. The van der Waals surface area contributed by atoms with Gasteiger partial charge in [-0.15, -0.1) is 0 Å². The van der Waals surface area contributed by atoms with E-state index in [-0.39, 0.29) is 17.8 Å². The molecule has 0 aliphatic rings. The van der Waals surface area contributed by atoms with Crippen molar-refractivity contribution in [3.63, 3.8) is 0 Å². The lowest BCUT2D eigenvalue weighted by Gasteiger charge is -2.23. The van der Waals surface area contributed by atoms with Gasteiger partial charge in [-0.05, 0) is 19.3 Å². The summed E-state index contributed by atoms with van der Waals surface area (Å²) in [4.78, 5) is 11.4. The molecule has 0 saturated heterocycles. The molecule has 0 bridgehead atoms. The van der Waals surface area contributed by atoms with Crippen molar-refractivity contribution in [2.24, 2.45) is 11.8 Å². The topological polar surface area (TPSA) is 121 Å². The van der Waals surface area contributed by atoms with Gasteiger partial charge >= 0.3 is 16.4 Å². The Morgan fingerprint density at radius 1 is 1.22 bits per heavy atom. The summed E-state index contributed by atoms with van der Waals surface area (Å²) < 4.78 is 36.5. The van der Waals surface area contributed by atoms with Crippen LogP contribution in [0, 0.1) is 11.8 Å². The van der Waals surface area contributed by atoms with Crippen LogP contribution >= 0.6 is 0 Å². The normalized spacial score (nSPS) is 14.4. The Labute approximate surface area is 108 Å². The Morgan fingerprint density at radius 3 is 1.83 bits per heavy atom. The number of hydrogen-bond acceptors (Lipinski definition) is 5. The average molecular weight is 286 g/mol. The molecular weight excluding hydrogens is 264 g/mol. The third-order valence-electron chi connectivity index (χ3n) is 2.11. The quantitative estimate of drug-likeness (QED) is 0.508. The van der Waals surface area contributed by atoms with E-state index < -0.39 is 16.5 Å². The standard InChI is InChI=1S/C10H20O3.H2O4S/c1-5-8(11)9(7(3)4)10(12)13-6-2;1-5(2,3)4/h7-9,11H,5-6H2,1-4H3;(H2,1,2,3,4). The van der Waals surface area contributed by atoms with E-state index >= 15 is 0 Å². The fraction of sp³-hybridized carbons (Fsp3) is 0.900. The molecule has 3 N–H and O–H groups in total. The van der Waals surface area contributed by atoms with Gasteiger partial charge in [-0.25, -0.2) is 0 Å². The van der Waals surface area contributed by atoms with Crippen LogP contribution in [0.5, 0.6) is 0 Å². The van der Waals surface area contributed by atoms with Crippen molar-refractivity contribution in [2.45, 2.75) is 40.2 Å². The molecule has 18 heavy (non-hydrogen) atoms. The molecule has 0 rings (SSSR count). The molecule has 0 aromatic carbocycles. The van der Waals surface area contributed by atoms with Gasteiger partial charge in [-0.2, -0.15) is 8.42 Å². The lowest BCUT2D eigenvalue weighted by Crippen LogP contribution is -2.33. The Morgan fingerprint density at radius 2 is 1.61 bits per heavy atom. The van der Waals surface area contributed by atoms with Crippen molar-refractivity contribution in [1.82, 2.24) is 0 Å². The van der Waals surface area contributed by atoms with Gasteiger partial charge in [0.1, 0.15) is 0 Å². The van der Waals surface area contributed by atoms with Gasteiger partial charge in [0.25, 0.3) is 0 Å². The number of aliphatic hydroxyl groups is 1. The molecule has 0 amide bonds. The van der Waals surface area contributed by atoms with Crippen LogP contribution in [0.25, 0.3) is 0 Å². The number of carbonyl (C=O) groups excluding carboxylic acids is 1. The molecule has 0 fully saturated rings. The van der Waals surface area contributed by atoms with E-state index in [9.17, 15) is 9.90 Å². The first-order chi connectivity index (χ1) is 8.04. The maximum atomic E-state index is 11.4. The van der Waals surface area contributed by atoms with Crippen molar-refractivity contribution in [1.29, 1.82) is 0 Å². The predicted octanol–water partition coefficient (Wildman–Crippen LogP) is 0.940. The third-order valence-corrected chi connectivity index (χ3v) is 2.11. The van der Waals surface area contributed by atoms with Crippen LogP contribution in [-0.2, 0) is 19.9 Å². The van der Waals surface area contributed by atoms with Gasteiger partial charge in [0.2, 0.25) is 0 Å². The summed E-state index contributed by atoms with van der Waals surface area (Å²) in [5.41, 5.74) is 0. The summed E-state index contributed by atoms with van der Waals surface area (Å²) in [5, 5.41) is 9.58. The molecule has 2 unspecified atom stereocenters. The van der Waals surface area contributed by atoms with Crippen LogP contribution in [0.15, 0.2) is 0 Å². The van der Waals surface area contributed by atoms with E-state index in [1.54, 1.807) is 6.92 Å². The fourth-order valence-electron chi connectivity index (χ4n) is 1.37. The Hall–Kier alpha value is -0.700. The minimum atomic E-state index is -4.67. The first kappa shape index (κ1) is 19.6. The highest BCUT2D eigenvalue weighted by Crippen LogP contribution is 2.19. The molecule has 0 aliphatic carbocycles. The van der Waals surface area contributed by atoms with Crippen LogP contribution < -0.4 is 0 Å². The summed E-state index contributed by atoms with van der Waals surface area (Å²) in [6.07, 6.45) is 0.000768. The molecule has 2 atom stereocenters. The highest BCUT2D eigenvalue weighted by Gasteiger charge is 2.29. The van der Waals surface area contributed by atoms with E-state index in [4.69, 9.17) is 22.3 Å². The van der Waals surface area contributed by atoms with E-state index in [0.717, 1.165) is 0 Å². The minimum absolute atomic E-state index is 0.119. The fourth-order valence-corrected chi connectivity index (χ4v) is 1.37. The summed E-state index contributed by atoms with van der Waals surface area (Å²) in [5.74, 6) is -0.550. The highest BCUT2D eigenvalue weighted by molar-refractivity contribution is 7.79. The van der Waals surface area contributed by atoms with Gasteiger partial charge in [0, 0.05) is 0 Å². The van der Waals surface area contributed by atoms with E-state index in [0.29, 0.717) is 13.0 Å². The van der Waals surface area contributed by atoms with Crippen LogP contribution in [0.2, 0.25) is 0 Å². The Kier molecular flexibility index (Phi) is 10.1. The van der Waals surface area contributed by atoms with Crippen molar-refractivity contribution in [2.75, 3.05) is 6.61 Å². The van der Waals surface area contributed by atoms with Crippen molar-refractivity contribution >= 4 is 16.4 Å². The summed E-state index contributed by atoms with van der Waals surface area (Å²) in [6, 6.07) is 0. The molecule has 0 heterocycles. The zero-order valence-corrected chi connectivity index (χ0v) is 11.8. The van der Waals surface area contributed by atoms with E-state index in [1.807, 2.05) is 20.8 Å². The van der Waals surface area contributed by atoms with Gasteiger partial charge in [0.15, 0.2) is 0 Å². The maximum Gasteiger partial charge on any atom is 0.394 e. The van der Waals surface area contributed by atoms with Crippen molar-refractivity contribution in [3.8, 4) is 0 Å². The molecule has 8 heteroatoms. The minimum Gasteiger partial charge on any atom is -0.466 e. The van der Waals surface area contributed by atoms with Crippen LogP contribution in [0.3, 0.4) is 0 Å². The molecule has 0 aromatic heterocycles. The second-order valence-electron chi connectivity index (χ2n) is 3.95. The monoisotopic (exact) mass is 286 g/mol. The molecule has 0 radical (unpaired) electrons. The van der Waals surface area contributed by atoms with Gasteiger partial charge in [-0.3, -0.25) is 13.9 Å². The van der Waals surface area contributed by atoms with Crippen LogP contribution in [-0.4, -0.2) is 41.3 Å². The number of hydrogen-bond donors (Lipinski definition) is 3. The SMILES string of the molecule is CCOC(=O)C(C(C)C)C(O)CC.O=S(=O)(O)O. The smallest absolute Gasteiger partial charge is 0.394 e. The summed E-state index contributed by atoms with van der Waals surface area (Å²) in [6.45, 7) is 7.84. The van der Waals surface area contributed by atoms with Crippen molar-refractivity contribution in [3.05, 3.63) is 0 Å². The van der Waals surface area contributed by atoms with Gasteiger partial charge in [-0.1, -0.05) is 20.8 Å². The third kappa shape index (κ3) is 11.8. The zero-order valence-electron chi connectivity index (χ0n) is 11.0. The lowest BCUT2D eigenvalue weighted by molar-refractivity contribution is -0.154. The maximum absolute atomic E-state index is 11.4. The average Bonchev–Trinajstić information content (AvgIpc) is 2.14. The van der Waals surface area contributed by atoms with E-state index in [1.165, 1.54) is 0 Å². The number of ether oxygens (including phenoxy) is 1. The van der Waals surface area contributed by atoms with Crippen LogP contribution in [0.4, 0.5) is 0 Å². The molecule has 0 aromatic rings. The predicted molar refractivity (Wildman–Crippen MR) is 65.4 cm³/mol. The molecule has 7 nitrogen and oxygen atoms in total. The molecular formula is C10H22O7S. The number of carbonyl (C=O) groups is 1. The van der Waals surface area contributed by atoms with Crippen LogP contribution in [0.1, 0.15) is 34.1 Å². The second-order valence-corrected chi connectivity index (χ2v) is 4.84. The Bertz CT molecular complexity index is 315. The van der Waals surface area contributed by atoms with Gasteiger partial charge in [0.05, 0.1) is 18.6 Å². The summed E-state index contributed by atoms with van der Waals surface area (Å²) in [7, 11) is -4.67. The lowest BCUT2D eigenvalue weighted by atomic mass is 9.89. The highest BCUT2D eigenvalue weighted by atomic mass is 32.3. The second kappa shape index (κ2) is 9.26. The molecule has 0 saturated carbocycles. The Balaban J connectivity index is 0. The number of aliphatic hydroxyl groups excluding tert-OH is 1. The zero-order chi connectivity index (χ0) is 14.9. The number of esters is 1. The molecule has 0 spiro atoms.